The molecule has 0 saturated carbocycles. The number of rotatable bonds is 4. The molecule has 29 heavy (non-hydrogen) atoms. The highest BCUT2D eigenvalue weighted by atomic mass is 32.1. The third-order valence-electron chi connectivity index (χ3n) is 5.05. The van der Waals surface area contributed by atoms with Crippen LogP contribution in [0, 0.1) is 27.7 Å². The van der Waals surface area contributed by atoms with Crippen molar-refractivity contribution in [2.24, 2.45) is 0 Å². The highest BCUT2D eigenvalue weighted by Crippen LogP contribution is 2.25. The van der Waals surface area contributed by atoms with Crippen LogP contribution in [0.5, 0.6) is 0 Å². The minimum absolute atomic E-state index is 0.0789. The second kappa shape index (κ2) is 8.03. The Bertz CT molecular complexity index is 1000. The van der Waals surface area contributed by atoms with Gasteiger partial charge in [-0.3, -0.25) is 9.69 Å². The van der Waals surface area contributed by atoms with Crippen LogP contribution in [0.25, 0.3) is 11.5 Å². The number of hydrogen-bond acceptors (Lipinski definition) is 9. The first-order chi connectivity index (χ1) is 13.9. The topological polar surface area (TPSA) is 101 Å². The summed E-state index contributed by atoms with van der Waals surface area (Å²) in [5.41, 5.74) is 2.30. The molecule has 154 valence electrons. The van der Waals surface area contributed by atoms with E-state index >= 15 is 0 Å². The molecule has 0 aliphatic carbocycles. The summed E-state index contributed by atoms with van der Waals surface area (Å²) in [6.45, 7) is 11.1. The van der Waals surface area contributed by atoms with Gasteiger partial charge in [-0.15, -0.1) is 11.3 Å². The van der Waals surface area contributed by atoms with E-state index in [1.807, 2.05) is 32.6 Å². The van der Waals surface area contributed by atoms with E-state index in [-0.39, 0.29) is 5.91 Å². The molecule has 0 radical (unpaired) electrons. The van der Waals surface area contributed by atoms with Crippen LogP contribution in [0.15, 0.2) is 9.05 Å². The fourth-order valence-electron chi connectivity index (χ4n) is 3.61. The minimum Gasteiger partial charge on any atom is -0.361 e. The fourth-order valence-corrected chi connectivity index (χ4v) is 4.50. The lowest BCUT2D eigenvalue weighted by Gasteiger charge is -2.20. The number of thiazole rings is 1. The minimum atomic E-state index is 0.0789. The Balaban J connectivity index is 1.39. The molecule has 9 nitrogen and oxygen atoms in total. The van der Waals surface area contributed by atoms with Gasteiger partial charge < -0.3 is 13.9 Å². The first kappa shape index (κ1) is 19.7. The second-order valence-corrected chi connectivity index (χ2v) is 8.49. The molecule has 3 aromatic heterocycles. The quantitative estimate of drug-likeness (QED) is 0.640. The van der Waals surface area contributed by atoms with Crippen LogP contribution in [-0.2, 0) is 6.54 Å². The summed E-state index contributed by atoms with van der Waals surface area (Å²) < 4.78 is 10.6. The molecule has 0 bridgehead atoms. The van der Waals surface area contributed by atoms with Gasteiger partial charge in [0, 0.05) is 26.2 Å². The molecule has 0 spiro atoms. The standard InChI is InChI=1S/C19H24N6O3S/c1-11-16(13(3)27-22-11)18-21-15(23-28-18)10-24-6-5-7-25(9-8-24)19(26)17-12(2)20-14(4)29-17/h5-10H2,1-4H3. The monoisotopic (exact) mass is 416 g/mol. The summed E-state index contributed by atoms with van der Waals surface area (Å²) in [4.78, 5) is 26.7. The van der Waals surface area contributed by atoms with Gasteiger partial charge >= 0.3 is 0 Å². The van der Waals surface area contributed by atoms with Crippen LogP contribution >= 0.6 is 11.3 Å². The van der Waals surface area contributed by atoms with Crippen LogP contribution < -0.4 is 0 Å². The highest BCUT2D eigenvalue weighted by molar-refractivity contribution is 7.13. The summed E-state index contributed by atoms with van der Waals surface area (Å²) in [5.74, 6) is 1.79. The van der Waals surface area contributed by atoms with Crippen molar-refractivity contribution < 1.29 is 13.8 Å². The smallest absolute Gasteiger partial charge is 0.265 e. The first-order valence-electron chi connectivity index (χ1n) is 9.64. The van der Waals surface area contributed by atoms with Crippen LogP contribution in [-0.4, -0.2) is 62.2 Å². The van der Waals surface area contributed by atoms with Crippen molar-refractivity contribution in [2.75, 3.05) is 26.2 Å². The number of carbonyl (C=O) groups is 1. The summed E-state index contributed by atoms with van der Waals surface area (Å²) >= 11 is 1.47. The predicted octanol–water partition coefficient (Wildman–Crippen LogP) is 2.76. The number of carbonyl (C=O) groups excluding carboxylic acids is 1. The van der Waals surface area contributed by atoms with Gasteiger partial charge in [0.25, 0.3) is 11.8 Å². The molecular weight excluding hydrogens is 392 g/mol. The van der Waals surface area contributed by atoms with Gasteiger partial charge in [-0.05, 0) is 34.1 Å². The van der Waals surface area contributed by atoms with Crippen molar-refractivity contribution in [3.05, 3.63) is 32.9 Å². The molecule has 10 heteroatoms. The van der Waals surface area contributed by atoms with Gasteiger partial charge in [-0.25, -0.2) is 4.98 Å². The van der Waals surface area contributed by atoms with E-state index < -0.39 is 0 Å². The molecule has 1 amide bonds. The van der Waals surface area contributed by atoms with Gasteiger partial charge in [0.15, 0.2) is 5.82 Å². The SMILES string of the molecule is Cc1nc(C)c(C(=O)N2CCCN(Cc3noc(-c4c(C)noc4C)n3)CC2)s1. The maximum absolute atomic E-state index is 12.9. The van der Waals surface area contributed by atoms with E-state index in [0.29, 0.717) is 30.6 Å². The Morgan fingerprint density at radius 2 is 1.83 bits per heavy atom. The lowest BCUT2D eigenvalue weighted by molar-refractivity contribution is 0.0765. The van der Waals surface area contributed by atoms with Crippen molar-refractivity contribution in [1.29, 1.82) is 0 Å². The lowest BCUT2D eigenvalue weighted by atomic mass is 10.2. The molecule has 4 rings (SSSR count). The molecule has 0 aromatic carbocycles. The normalized spacial score (nSPS) is 15.7. The van der Waals surface area contributed by atoms with Crippen LogP contribution in [0.1, 0.15) is 44.1 Å². The van der Waals surface area contributed by atoms with Crippen LogP contribution in [0.4, 0.5) is 0 Å². The largest absolute Gasteiger partial charge is 0.361 e. The van der Waals surface area contributed by atoms with E-state index in [2.05, 4.69) is 25.2 Å². The first-order valence-corrected chi connectivity index (χ1v) is 10.5. The third kappa shape index (κ3) is 4.08. The van der Waals surface area contributed by atoms with Gasteiger partial charge in [0.05, 0.1) is 22.9 Å². The number of nitrogens with zero attached hydrogens (tertiary/aromatic N) is 6. The van der Waals surface area contributed by atoms with Crippen LogP contribution in [0.3, 0.4) is 0 Å². The maximum Gasteiger partial charge on any atom is 0.265 e. The molecular formula is C19H24N6O3S. The van der Waals surface area contributed by atoms with Crippen molar-refractivity contribution in [3.8, 4) is 11.5 Å². The van der Waals surface area contributed by atoms with E-state index in [4.69, 9.17) is 9.05 Å². The maximum atomic E-state index is 12.9. The summed E-state index contributed by atoms with van der Waals surface area (Å²) in [7, 11) is 0. The summed E-state index contributed by atoms with van der Waals surface area (Å²) in [6, 6.07) is 0. The van der Waals surface area contributed by atoms with Crippen LogP contribution in [0.2, 0.25) is 0 Å². The molecule has 0 N–H and O–H groups in total. The summed E-state index contributed by atoms with van der Waals surface area (Å²) in [6.07, 6.45) is 0.900. The van der Waals surface area contributed by atoms with Crippen molar-refractivity contribution in [1.82, 2.24) is 30.1 Å². The zero-order valence-electron chi connectivity index (χ0n) is 17.1. The van der Waals surface area contributed by atoms with Crippen molar-refractivity contribution in [2.45, 2.75) is 40.7 Å². The van der Waals surface area contributed by atoms with Gasteiger partial charge in [-0.1, -0.05) is 10.3 Å². The summed E-state index contributed by atoms with van der Waals surface area (Å²) in [5, 5.41) is 8.97. The number of amides is 1. The Labute approximate surface area is 172 Å². The average molecular weight is 417 g/mol. The molecule has 1 aliphatic heterocycles. The second-order valence-electron chi connectivity index (χ2n) is 7.28. The number of aryl methyl sites for hydroxylation is 4. The van der Waals surface area contributed by atoms with Gasteiger partial charge in [0.2, 0.25) is 0 Å². The third-order valence-corrected chi connectivity index (χ3v) is 6.11. The molecule has 3 aromatic rings. The molecule has 0 unspecified atom stereocenters. The zero-order chi connectivity index (χ0) is 20.5. The predicted molar refractivity (Wildman–Crippen MR) is 107 cm³/mol. The molecule has 4 heterocycles. The van der Waals surface area contributed by atoms with Gasteiger partial charge in [0.1, 0.15) is 16.2 Å². The van der Waals surface area contributed by atoms with E-state index in [1.165, 1.54) is 11.3 Å². The van der Waals surface area contributed by atoms with Gasteiger partial charge in [-0.2, -0.15) is 4.98 Å². The van der Waals surface area contributed by atoms with E-state index in [9.17, 15) is 4.79 Å². The average Bonchev–Trinajstić information content (AvgIpc) is 3.30. The zero-order valence-corrected chi connectivity index (χ0v) is 17.9. The number of hydrogen-bond donors (Lipinski definition) is 0. The lowest BCUT2D eigenvalue weighted by Crippen LogP contribution is -2.35. The van der Waals surface area contributed by atoms with E-state index in [1.54, 1.807) is 0 Å². The number of aromatic nitrogens is 4. The van der Waals surface area contributed by atoms with Crippen molar-refractivity contribution >= 4 is 17.2 Å². The Morgan fingerprint density at radius 1 is 1.00 bits per heavy atom. The molecule has 1 fully saturated rings. The molecule has 1 aliphatic rings. The Morgan fingerprint density at radius 3 is 2.52 bits per heavy atom. The molecule has 1 saturated heterocycles. The van der Waals surface area contributed by atoms with E-state index in [0.717, 1.165) is 52.9 Å². The highest BCUT2D eigenvalue weighted by Gasteiger charge is 2.25. The molecule has 0 atom stereocenters. The Hall–Kier alpha value is -2.59. The fraction of sp³-hybridized carbons (Fsp3) is 0.526. The van der Waals surface area contributed by atoms with Crippen molar-refractivity contribution in [3.63, 3.8) is 0 Å². The Kier molecular flexibility index (Phi) is 5.46.